The maximum absolute atomic E-state index is 12.4. The zero-order valence-corrected chi connectivity index (χ0v) is 9.39. The number of alkyl halides is 6. The smallest absolute Gasteiger partial charge is 0.166 e. The molecule has 0 bridgehead atoms. The molecule has 0 unspecified atom stereocenters. The molecule has 0 aliphatic heterocycles. The Hall–Kier alpha value is -0.720. The molecule has 0 radical (unpaired) electrons. The van der Waals surface area contributed by atoms with E-state index in [-0.39, 0.29) is 0 Å². The molecule has 0 aliphatic rings. The highest BCUT2D eigenvalue weighted by Crippen LogP contribution is 2.40. The SMILES string of the molecule is Cc1cc(C(F)(F)F)cc(Br)c1C(F)(F)F. The zero-order valence-electron chi connectivity index (χ0n) is 7.80. The summed E-state index contributed by atoms with van der Waals surface area (Å²) in [5.41, 5.74) is -2.65. The van der Waals surface area contributed by atoms with Crippen molar-refractivity contribution in [2.75, 3.05) is 0 Å². The molecule has 16 heavy (non-hydrogen) atoms. The van der Waals surface area contributed by atoms with Gasteiger partial charge >= 0.3 is 12.4 Å². The van der Waals surface area contributed by atoms with Crippen molar-refractivity contribution in [1.29, 1.82) is 0 Å². The Morgan fingerprint density at radius 3 is 1.75 bits per heavy atom. The van der Waals surface area contributed by atoms with E-state index in [2.05, 4.69) is 15.9 Å². The Labute approximate surface area is 95.4 Å². The lowest BCUT2D eigenvalue weighted by Crippen LogP contribution is -2.12. The van der Waals surface area contributed by atoms with E-state index in [0.717, 1.165) is 6.92 Å². The predicted molar refractivity (Wildman–Crippen MR) is 48.9 cm³/mol. The Bertz CT molecular complexity index is 380. The monoisotopic (exact) mass is 306 g/mol. The van der Waals surface area contributed by atoms with Crippen LogP contribution in [0.1, 0.15) is 16.7 Å². The third-order valence-corrected chi connectivity index (χ3v) is 2.52. The molecule has 1 rings (SSSR count). The summed E-state index contributed by atoms with van der Waals surface area (Å²) >= 11 is 2.51. The van der Waals surface area contributed by atoms with Crippen LogP contribution in [0.3, 0.4) is 0 Å². The van der Waals surface area contributed by atoms with Crippen molar-refractivity contribution in [1.82, 2.24) is 0 Å². The minimum Gasteiger partial charge on any atom is -0.166 e. The molecule has 0 nitrogen and oxygen atoms in total. The fraction of sp³-hybridized carbons (Fsp3) is 0.333. The van der Waals surface area contributed by atoms with Gasteiger partial charge in [-0.05, 0) is 24.6 Å². The summed E-state index contributed by atoms with van der Waals surface area (Å²) in [6.07, 6.45) is -9.33. The van der Waals surface area contributed by atoms with Crippen molar-refractivity contribution >= 4 is 15.9 Å². The summed E-state index contributed by atoms with van der Waals surface area (Å²) in [6, 6.07) is 0.906. The minimum absolute atomic E-state index is 0.426. The second kappa shape index (κ2) is 3.94. The van der Waals surface area contributed by atoms with E-state index in [1.807, 2.05) is 0 Å². The van der Waals surface area contributed by atoms with E-state index in [0.29, 0.717) is 12.1 Å². The molecule has 1 aromatic rings. The topological polar surface area (TPSA) is 0 Å². The molecule has 1 aromatic carbocycles. The van der Waals surface area contributed by atoms with Crippen molar-refractivity contribution in [2.45, 2.75) is 19.3 Å². The average molecular weight is 307 g/mol. The van der Waals surface area contributed by atoms with E-state index in [1.165, 1.54) is 0 Å². The number of hydrogen-bond acceptors (Lipinski definition) is 0. The molecule has 90 valence electrons. The van der Waals surface area contributed by atoms with Gasteiger partial charge in [0.1, 0.15) is 0 Å². The zero-order chi connectivity index (χ0) is 12.7. The van der Waals surface area contributed by atoms with E-state index in [9.17, 15) is 26.3 Å². The fourth-order valence-corrected chi connectivity index (χ4v) is 2.05. The van der Waals surface area contributed by atoms with Gasteiger partial charge in [-0.1, -0.05) is 15.9 Å². The summed E-state index contributed by atoms with van der Waals surface area (Å²) < 4.78 is 73.5. The number of hydrogen-bond donors (Lipinski definition) is 0. The maximum atomic E-state index is 12.4. The van der Waals surface area contributed by atoms with Crippen molar-refractivity contribution in [3.8, 4) is 0 Å². The lowest BCUT2D eigenvalue weighted by Gasteiger charge is -2.15. The summed E-state index contributed by atoms with van der Waals surface area (Å²) in [6.45, 7) is 0.989. The largest absolute Gasteiger partial charge is 0.417 e. The molecule has 0 saturated carbocycles. The molecule has 0 atom stereocenters. The molecular weight excluding hydrogens is 302 g/mol. The Balaban J connectivity index is 3.41. The van der Waals surface area contributed by atoms with E-state index >= 15 is 0 Å². The summed E-state index contributed by atoms with van der Waals surface area (Å²) in [4.78, 5) is 0. The van der Waals surface area contributed by atoms with Gasteiger partial charge < -0.3 is 0 Å². The first-order valence-corrected chi connectivity index (χ1v) is 4.77. The van der Waals surface area contributed by atoms with Crippen LogP contribution in [0.5, 0.6) is 0 Å². The second-order valence-electron chi connectivity index (χ2n) is 3.15. The number of aryl methyl sites for hydroxylation is 1. The third-order valence-electron chi connectivity index (χ3n) is 1.90. The maximum Gasteiger partial charge on any atom is 0.417 e. The van der Waals surface area contributed by atoms with Crippen molar-refractivity contribution < 1.29 is 26.3 Å². The van der Waals surface area contributed by atoms with Gasteiger partial charge in [0, 0.05) is 4.47 Å². The molecule has 0 aliphatic carbocycles. The Morgan fingerprint density at radius 2 is 1.44 bits per heavy atom. The van der Waals surface area contributed by atoms with Crippen molar-refractivity contribution in [3.63, 3.8) is 0 Å². The molecule has 0 saturated heterocycles. The normalized spacial score (nSPS) is 13.0. The van der Waals surface area contributed by atoms with Gasteiger partial charge in [0.15, 0.2) is 0 Å². The molecule has 0 N–H and O–H groups in total. The summed E-state index contributed by atoms with van der Waals surface area (Å²) in [5.74, 6) is 0. The Morgan fingerprint density at radius 1 is 0.938 bits per heavy atom. The molecular formula is C9H5BrF6. The first kappa shape index (κ1) is 13.3. The standard InChI is InChI=1S/C9H5BrF6/c1-4-2-5(8(11,12)13)3-6(10)7(4)9(14,15)16/h2-3H,1H3. The van der Waals surface area contributed by atoms with E-state index < -0.39 is 33.5 Å². The van der Waals surface area contributed by atoms with Crippen LogP contribution in [-0.2, 0) is 12.4 Å². The van der Waals surface area contributed by atoms with Crippen LogP contribution < -0.4 is 0 Å². The van der Waals surface area contributed by atoms with Gasteiger partial charge in [-0.2, -0.15) is 26.3 Å². The molecule has 7 heteroatoms. The highest BCUT2D eigenvalue weighted by atomic mass is 79.9. The molecule has 0 aromatic heterocycles. The van der Waals surface area contributed by atoms with Crippen LogP contribution in [0.15, 0.2) is 16.6 Å². The van der Waals surface area contributed by atoms with Crippen LogP contribution in [-0.4, -0.2) is 0 Å². The van der Waals surface area contributed by atoms with E-state index in [4.69, 9.17) is 0 Å². The van der Waals surface area contributed by atoms with Crippen LogP contribution in [0, 0.1) is 6.92 Å². The average Bonchev–Trinajstić information content (AvgIpc) is 1.97. The van der Waals surface area contributed by atoms with Crippen LogP contribution in [0.25, 0.3) is 0 Å². The quantitative estimate of drug-likeness (QED) is 0.604. The Kier molecular flexibility index (Phi) is 3.29. The number of rotatable bonds is 0. The lowest BCUT2D eigenvalue weighted by molar-refractivity contribution is -0.142. The van der Waals surface area contributed by atoms with Crippen LogP contribution in [0.2, 0.25) is 0 Å². The molecule has 0 spiro atoms. The van der Waals surface area contributed by atoms with E-state index in [1.54, 1.807) is 0 Å². The lowest BCUT2D eigenvalue weighted by atomic mass is 10.0. The number of benzene rings is 1. The van der Waals surface area contributed by atoms with Gasteiger partial charge in [-0.15, -0.1) is 0 Å². The minimum atomic E-state index is -4.67. The summed E-state index contributed by atoms with van der Waals surface area (Å²) in [7, 11) is 0. The van der Waals surface area contributed by atoms with Crippen LogP contribution in [0.4, 0.5) is 26.3 Å². The highest BCUT2D eigenvalue weighted by Gasteiger charge is 2.38. The van der Waals surface area contributed by atoms with Crippen LogP contribution >= 0.6 is 15.9 Å². The van der Waals surface area contributed by atoms with Crippen molar-refractivity contribution in [3.05, 3.63) is 33.3 Å². The third kappa shape index (κ3) is 2.69. The van der Waals surface area contributed by atoms with Gasteiger partial charge in [0.2, 0.25) is 0 Å². The highest BCUT2D eigenvalue weighted by molar-refractivity contribution is 9.10. The van der Waals surface area contributed by atoms with Gasteiger partial charge in [0.05, 0.1) is 11.1 Å². The molecule has 0 fully saturated rings. The first-order chi connectivity index (χ1) is 7.03. The molecule has 0 heterocycles. The van der Waals surface area contributed by atoms with Gasteiger partial charge in [-0.25, -0.2) is 0 Å². The van der Waals surface area contributed by atoms with Crippen molar-refractivity contribution in [2.24, 2.45) is 0 Å². The fourth-order valence-electron chi connectivity index (χ4n) is 1.27. The predicted octanol–water partition coefficient (Wildman–Crippen LogP) is 4.80. The van der Waals surface area contributed by atoms with Gasteiger partial charge in [0.25, 0.3) is 0 Å². The molecule has 0 amide bonds. The second-order valence-corrected chi connectivity index (χ2v) is 4.00. The number of halogens is 7. The van der Waals surface area contributed by atoms with Gasteiger partial charge in [-0.3, -0.25) is 0 Å². The summed E-state index contributed by atoms with van der Waals surface area (Å²) in [5, 5.41) is 0. The first-order valence-electron chi connectivity index (χ1n) is 3.98.